The lowest BCUT2D eigenvalue weighted by atomic mass is 9.88. The first-order valence-electron chi connectivity index (χ1n) is 14.1. The fourth-order valence-electron chi connectivity index (χ4n) is 5.46. The minimum atomic E-state index is -3.76. The van der Waals surface area contributed by atoms with E-state index in [1.54, 1.807) is 60.4 Å². The maximum atomic E-state index is 13.4. The summed E-state index contributed by atoms with van der Waals surface area (Å²) in [6, 6.07) is 13.1. The number of nitrogens with one attached hydrogen (secondary N) is 1. The van der Waals surface area contributed by atoms with Crippen LogP contribution in [-0.2, 0) is 26.0 Å². The largest absolute Gasteiger partial charge is 0.488 e. The number of carbonyl (C=O) groups is 2. The van der Waals surface area contributed by atoms with Crippen LogP contribution in [0.25, 0.3) is 0 Å². The maximum absolute atomic E-state index is 13.4. The van der Waals surface area contributed by atoms with E-state index in [0.29, 0.717) is 23.5 Å². The smallest absolute Gasteiger partial charge is 0.242 e. The number of anilines is 1. The highest BCUT2D eigenvalue weighted by molar-refractivity contribution is 7.89. The van der Waals surface area contributed by atoms with Crippen molar-refractivity contribution in [3.63, 3.8) is 0 Å². The number of hydrogen-bond acceptors (Lipinski definition) is 6. The first-order chi connectivity index (χ1) is 19.1. The van der Waals surface area contributed by atoms with E-state index < -0.39 is 22.2 Å². The average Bonchev–Trinajstić information content (AvgIpc) is 3.01. The zero-order valence-electron chi connectivity index (χ0n) is 23.6. The number of benzene rings is 2. The van der Waals surface area contributed by atoms with Crippen molar-refractivity contribution in [1.29, 1.82) is 0 Å². The molecule has 1 heterocycles. The number of hydrogen-bond donors (Lipinski definition) is 2. The van der Waals surface area contributed by atoms with Crippen molar-refractivity contribution in [2.24, 2.45) is 11.8 Å². The van der Waals surface area contributed by atoms with Gasteiger partial charge in [-0.05, 0) is 50.1 Å². The second-order valence-electron chi connectivity index (χ2n) is 11.1. The van der Waals surface area contributed by atoms with Crippen LogP contribution in [0.4, 0.5) is 5.69 Å². The number of rotatable bonds is 8. The van der Waals surface area contributed by atoms with Crippen molar-refractivity contribution < 1.29 is 27.9 Å². The van der Waals surface area contributed by atoms with E-state index in [9.17, 15) is 23.1 Å². The van der Waals surface area contributed by atoms with E-state index in [-0.39, 0.29) is 48.1 Å². The molecule has 10 heteroatoms. The average molecular weight is 572 g/mol. The Kier molecular flexibility index (Phi) is 9.86. The lowest BCUT2D eigenvalue weighted by Gasteiger charge is -2.33. The number of carbonyl (C=O) groups excluding carboxylic acids is 2. The molecule has 2 N–H and O–H groups in total. The summed E-state index contributed by atoms with van der Waals surface area (Å²) in [5, 5.41) is 12.9. The number of likely N-dealkylation sites (N-methyl/N-ethyl adjacent to an activating group) is 1. The van der Waals surface area contributed by atoms with Crippen LogP contribution >= 0.6 is 0 Å². The summed E-state index contributed by atoms with van der Waals surface area (Å²) in [6.07, 6.45) is 4.48. The summed E-state index contributed by atoms with van der Waals surface area (Å²) in [6.45, 7) is 3.86. The van der Waals surface area contributed by atoms with Gasteiger partial charge in [-0.25, -0.2) is 8.42 Å². The Labute approximate surface area is 237 Å². The monoisotopic (exact) mass is 571 g/mol. The van der Waals surface area contributed by atoms with Gasteiger partial charge in [0.15, 0.2) is 0 Å². The molecule has 0 unspecified atom stereocenters. The van der Waals surface area contributed by atoms with Gasteiger partial charge in [-0.15, -0.1) is 0 Å². The van der Waals surface area contributed by atoms with E-state index in [1.807, 2.05) is 6.92 Å². The normalized spacial score (nSPS) is 21.5. The Balaban J connectivity index is 1.62. The topological polar surface area (TPSA) is 116 Å². The Morgan fingerprint density at radius 1 is 1.15 bits per heavy atom. The number of nitrogens with zero attached hydrogens (tertiary/aromatic N) is 2. The molecule has 1 aliphatic heterocycles. The Bertz CT molecular complexity index is 1280. The predicted octanol–water partition coefficient (Wildman–Crippen LogP) is 3.68. The van der Waals surface area contributed by atoms with Gasteiger partial charge in [-0.3, -0.25) is 9.59 Å². The minimum Gasteiger partial charge on any atom is -0.488 e. The summed E-state index contributed by atoms with van der Waals surface area (Å²) >= 11 is 0. The third-order valence-corrected chi connectivity index (χ3v) is 9.89. The van der Waals surface area contributed by atoms with E-state index in [2.05, 4.69) is 5.32 Å². The Morgan fingerprint density at radius 3 is 2.52 bits per heavy atom. The SMILES string of the molecule is C[C@@H]1CN([C@H](C)CO)C(=O)Cc2cc(NC(=O)C3CCCCC3)ccc2O[C@@H]1CN(C)S(=O)(=O)c1ccccc1. The van der Waals surface area contributed by atoms with E-state index >= 15 is 0 Å². The molecule has 2 amide bonds. The molecule has 3 atom stereocenters. The standard InChI is InChI=1S/C30H41N3O6S/c1-21-18-33(22(2)20-34)29(35)17-24-16-25(31-30(36)23-10-6-4-7-11-23)14-15-27(24)39-28(21)19-32(3)40(37,38)26-12-8-5-9-13-26/h5,8-9,12-16,21-23,28,34H,4,6-7,10-11,17-20H2,1-3H3,(H,31,36)/t21-,22-,28-/m1/s1. The van der Waals surface area contributed by atoms with Gasteiger partial charge in [-0.1, -0.05) is 44.4 Å². The lowest BCUT2D eigenvalue weighted by molar-refractivity contribution is -0.134. The van der Waals surface area contributed by atoms with Crippen molar-refractivity contribution in [2.75, 3.05) is 32.1 Å². The maximum Gasteiger partial charge on any atom is 0.242 e. The van der Waals surface area contributed by atoms with Crippen LogP contribution in [-0.4, -0.2) is 73.4 Å². The summed E-state index contributed by atoms with van der Waals surface area (Å²) in [5.41, 5.74) is 1.20. The summed E-state index contributed by atoms with van der Waals surface area (Å²) in [4.78, 5) is 28.2. The Hall–Kier alpha value is -2.95. The molecule has 2 aliphatic rings. The van der Waals surface area contributed by atoms with Crippen LogP contribution in [0.2, 0.25) is 0 Å². The number of aliphatic hydroxyl groups is 1. The molecule has 0 spiro atoms. The van der Waals surface area contributed by atoms with Crippen LogP contribution in [0, 0.1) is 11.8 Å². The number of amides is 2. The molecule has 40 heavy (non-hydrogen) atoms. The van der Waals surface area contributed by atoms with Crippen LogP contribution in [0.5, 0.6) is 5.75 Å². The van der Waals surface area contributed by atoms with E-state index in [1.165, 1.54) is 11.4 Å². The first kappa shape index (κ1) is 30.0. The lowest BCUT2D eigenvalue weighted by Crippen LogP contribution is -2.48. The van der Waals surface area contributed by atoms with Gasteiger partial charge in [0.1, 0.15) is 11.9 Å². The van der Waals surface area contributed by atoms with Crippen molar-refractivity contribution in [1.82, 2.24) is 9.21 Å². The highest BCUT2D eigenvalue weighted by Gasteiger charge is 2.33. The predicted molar refractivity (Wildman–Crippen MR) is 153 cm³/mol. The van der Waals surface area contributed by atoms with Crippen molar-refractivity contribution >= 4 is 27.5 Å². The van der Waals surface area contributed by atoms with Crippen LogP contribution in [0.3, 0.4) is 0 Å². The third kappa shape index (κ3) is 7.03. The molecule has 2 aromatic carbocycles. The summed E-state index contributed by atoms with van der Waals surface area (Å²) in [7, 11) is -2.24. The van der Waals surface area contributed by atoms with Gasteiger partial charge in [0, 0.05) is 36.7 Å². The van der Waals surface area contributed by atoms with Gasteiger partial charge >= 0.3 is 0 Å². The van der Waals surface area contributed by atoms with Crippen molar-refractivity contribution in [3.8, 4) is 5.75 Å². The molecule has 218 valence electrons. The molecule has 9 nitrogen and oxygen atoms in total. The van der Waals surface area contributed by atoms with Gasteiger partial charge in [0.2, 0.25) is 21.8 Å². The van der Waals surface area contributed by atoms with Crippen molar-refractivity contribution in [2.45, 2.75) is 69.4 Å². The molecule has 0 bridgehead atoms. The molecule has 1 aliphatic carbocycles. The van der Waals surface area contributed by atoms with Crippen LogP contribution < -0.4 is 10.1 Å². The molecular formula is C30H41N3O6S. The quantitative estimate of drug-likeness (QED) is 0.500. The zero-order chi connectivity index (χ0) is 28.9. The molecule has 2 aromatic rings. The number of aliphatic hydroxyl groups excluding tert-OH is 1. The molecule has 0 radical (unpaired) electrons. The highest BCUT2D eigenvalue weighted by atomic mass is 32.2. The fourth-order valence-corrected chi connectivity index (χ4v) is 6.66. The van der Waals surface area contributed by atoms with Crippen molar-refractivity contribution in [3.05, 3.63) is 54.1 Å². The second-order valence-corrected chi connectivity index (χ2v) is 13.2. The van der Waals surface area contributed by atoms with Gasteiger partial charge in [0.25, 0.3) is 0 Å². The molecular weight excluding hydrogens is 530 g/mol. The molecule has 0 saturated heterocycles. The summed E-state index contributed by atoms with van der Waals surface area (Å²) < 4.78 is 34.3. The molecule has 0 aromatic heterocycles. The highest BCUT2D eigenvalue weighted by Crippen LogP contribution is 2.31. The van der Waals surface area contributed by atoms with E-state index in [4.69, 9.17) is 4.74 Å². The van der Waals surface area contributed by atoms with Gasteiger partial charge < -0.3 is 20.1 Å². The van der Waals surface area contributed by atoms with Crippen LogP contribution in [0.1, 0.15) is 51.5 Å². The number of fused-ring (bicyclic) bond motifs is 1. The zero-order valence-corrected chi connectivity index (χ0v) is 24.4. The number of ether oxygens (including phenoxy) is 1. The van der Waals surface area contributed by atoms with Crippen LogP contribution in [0.15, 0.2) is 53.4 Å². The van der Waals surface area contributed by atoms with Gasteiger partial charge in [0.05, 0.1) is 30.5 Å². The summed E-state index contributed by atoms with van der Waals surface area (Å²) in [5.74, 6) is 0.0441. The van der Waals surface area contributed by atoms with E-state index in [0.717, 1.165) is 32.1 Å². The molecule has 1 fully saturated rings. The third-order valence-electron chi connectivity index (χ3n) is 8.05. The fraction of sp³-hybridized carbons (Fsp3) is 0.533. The molecule has 1 saturated carbocycles. The number of sulfonamides is 1. The van der Waals surface area contributed by atoms with Gasteiger partial charge in [-0.2, -0.15) is 4.31 Å². The first-order valence-corrected chi connectivity index (χ1v) is 15.6. The minimum absolute atomic E-state index is 0.00920. The molecule has 4 rings (SSSR count). The second kappa shape index (κ2) is 13.1. The Morgan fingerprint density at radius 2 is 1.85 bits per heavy atom.